The summed E-state index contributed by atoms with van der Waals surface area (Å²) < 4.78 is 0. The number of anilines is 1. The molecule has 1 atom stereocenters. The van der Waals surface area contributed by atoms with E-state index in [0.717, 1.165) is 18.4 Å². The predicted octanol–water partition coefficient (Wildman–Crippen LogP) is 0.927. The van der Waals surface area contributed by atoms with E-state index in [-0.39, 0.29) is 30.1 Å². The fraction of sp³-hybridized carbons (Fsp3) is 0.591. The standard InChI is InChI=1S/C22H29N5O4/c1-3-14(4-2)21(30)26-11-9-25(10-12-26)17-7-5-15-13-27(22(31)19(15)23-17)16-6-8-18(28)24-20(16)29/h5,7,14,16H,3-4,6,8-13H2,1-2H3,(H,24,28,29). The Morgan fingerprint density at radius 1 is 1.13 bits per heavy atom. The minimum absolute atomic E-state index is 0.0838. The zero-order valence-electron chi connectivity index (χ0n) is 18.1. The monoisotopic (exact) mass is 427 g/mol. The molecule has 9 heteroatoms. The Hall–Kier alpha value is -2.97. The fourth-order valence-corrected chi connectivity index (χ4v) is 4.64. The average molecular weight is 428 g/mol. The molecular formula is C22H29N5O4. The molecular weight excluding hydrogens is 398 g/mol. The number of carbonyl (C=O) groups excluding carboxylic acids is 4. The number of carbonyl (C=O) groups is 4. The van der Waals surface area contributed by atoms with E-state index in [9.17, 15) is 19.2 Å². The van der Waals surface area contributed by atoms with Crippen LogP contribution in [0.3, 0.4) is 0 Å². The summed E-state index contributed by atoms with van der Waals surface area (Å²) in [7, 11) is 0. The quantitative estimate of drug-likeness (QED) is 0.702. The SMILES string of the molecule is CCC(CC)C(=O)N1CCN(c2ccc3c(n2)C(=O)N(C2CCC(=O)NC2=O)C3)CC1. The summed E-state index contributed by atoms with van der Waals surface area (Å²) in [4.78, 5) is 59.3. The number of piperazine rings is 1. The molecule has 0 spiro atoms. The number of imide groups is 1. The Bertz CT molecular complexity index is 905. The molecule has 0 aromatic carbocycles. The summed E-state index contributed by atoms with van der Waals surface area (Å²) in [6.07, 6.45) is 2.28. The van der Waals surface area contributed by atoms with Crippen molar-refractivity contribution in [3.05, 3.63) is 23.4 Å². The lowest BCUT2D eigenvalue weighted by Crippen LogP contribution is -2.52. The zero-order chi connectivity index (χ0) is 22.1. The Kier molecular flexibility index (Phi) is 5.93. The molecule has 0 saturated carbocycles. The summed E-state index contributed by atoms with van der Waals surface area (Å²) in [5, 5.41) is 2.31. The van der Waals surface area contributed by atoms with Gasteiger partial charge in [0.2, 0.25) is 17.7 Å². The van der Waals surface area contributed by atoms with Gasteiger partial charge < -0.3 is 14.7 Å². The topological polar surface area (TPSA) is 103 Å². The molecule has 2 fully saturated rings. The maximum atomic E-state index is 13.0. The molecule has 1 N–H and O–H groups in total. The van der Waals surface area contributed by atoms with E-state index in [1.165, 1.54) is 4.90 Å². The third-order valence-corrected chi connectivity index (χ3v) is 6.60. The Morgan fingerprint density at radius 2 is 1.84 bits per heavy atom. The average Bonchev–Trinajstić information content (AvgIpc) is 3.10. The van der Waals surface area contributed by atoms with E-state index >= 15 is 0 Å². The summed E-state index contributed by atoms with van der Waals surface area (Å²) in [5.41, 5.74) is 1.17. The van der Waals surface area contributed by atoms with Crippen molar-refractivity contribution in [3.8, 4) is 0 Å². The summed E-state index contributed by atoms with van der Waals surface area (Å²) in [5.74, 6) is 0.0338. The lowest BCUT2D eigenvalue weighted by atomic mass is 10.0. The molecule has 1 aromatic heterocycles. The van der Waals surface area contributed by atoms with Gasteiger partial charge in [0.05, 0.1) is 0 Å². The van der Waals surface area contributed by atoms with Gasteiger partial charge >= 0.3 is 0 Å². The van der Waals surface area contributed by atoms with E-state index in [0.29, 0.717) is 50.7 Å². The van der Waals surface area contributed by atoms with Gasteiger partial charge in [0.25, 0.3) is 5.91 Å². The Morgan fingerprint density at radius 3 is 2.48 bits per heavy atom. The van der Waals surface area contributed by atoms with Crippen LogP contribution < -0.4 is 10.2 Å². The minimum atomic E-state index is -0.637. The van der Waals surface area contributed by atoms with Gasteiger partial charge in [-0.1, -0.05) is 19.9 Å². The van der Waals surface area contributed by atoms with Crippen molar-refractivity contribution < 1.29 is 19.2 Å². The molecule has 0 bridgehead atoms. The third kappa shape index (κ3) is 4.00. The van der Waals surface area contributed by atoms with Crippen LogP contribution in [0.15, 0.2) is 12.1 Å². The number of nitrogens with zero attached hydrogens (tertiary/aromatic N) is 4. The van der Waals surface area contributed by atoms with Crippen LogP contribution in [0.2, 0.25) is 0 Å². The van der Waals surface area contributed by atoms with Crippen molar-refractivity contribution in [1.29, 1.82) is 0 Å². The molecule has 1 unspecified atom stereocenters. The molecule has 31 heavy (non-hydrogen) atoms. The molecule has 1 aromatic rings. The largest absolute Gasteiger partial charge is 0.353 e. The Labute approximate surface area is 181 Å². The van der Waals surface area contributed by atoms with Crippen molar-refractivity contribution in [2.45, 2.75) is 52.1 Å². The second-order valence-electron chi connectivity index (χ2n) is 8.40. The first kappa shape index (κ1) is 21.3. The maximum Gasteiger partial charge on any atom is 0.273 e. The van der Waals surface area contributed by atoms with E-state index in [1.807, 2.05) is 30.9 Å². The highest BCUT2D eigenvalue weighted by atomic mass is 16.2. The second kappa shape index (κ2) is 8.64. The van der Waals surface area contributed by atoms with Crippen molar-refractivity contribution in [1.82, 2.24) is 20.1 Å². The summed E-state index contributed by atoms with van der Waals surface area (Å²) in [6.45, 7) is 7.05. The van der Waals surface area contributed by atoms with Gasteiger partial charge in [-0.3, -0.25) is 24.5 Å². The number of rotatable bonds is 5. The van der Waals surface area contributed by atoms with Crippen LogP contribution in [-0.4, -0.2) is 70.6 Å². The van der Waals surface area contributed by atoms with Crippen LogP contribution in [0.1, 0.15) is 55.6 Å². The highest BCUT2D eigenvalue weighted by molar-refractivity contribution is 6.04. The maximum absolute atomic E-state index is 13.0. The molecule has 4 heterocycles. The third-order valence-electron chi connectivity index (χ3n) is 6.60. The minimum Gasteiger partial charge on any atom is -0.353 e. The van der Waals surface area contributed by atoms with Gasteiger partial charge in [0, 0.05) is 50.6 Å². The van der Waals surface area contributed by atoms with Crippen LogP contribution in [0, 0.1) is 5.92 Å². The fourth-order valence-electron chi connectivity index (χ4n) is 4.64. The highest BCUT2D eigenvalue weighted by Gasteiger charge is 2.40. The summed E-state index contributed by atoms with van der Waals surface area (Å²) >= 11 is 0. The molecule has 0 radical (unpaired) electrons. The van der Waals surface area contributed by atoms with E-state index in [2.05, 4.69) is 15.2 Å². The first-order valence-electron chi connectivity index (χ1n) is 11.1. The lowest BCUT2D eigenvalue weighted by Gasteiger charge is -2.37. The van der Waals surface area contributed by atoms with Gasteiger partial charge in [-0.25, -0.2) is 4.98 Å². The molecule has 2 saturated heterocycles. The molecule has 4 rings (SSSR count). The van der Waals surface area contributed by atoms with Gasteiger partial charge in [-0.15, -0.1) is 0 Å². The van der Waals surface area contributed by atoms with Crippen LogP contribution in [0.5, 0.6) is 0 Å². The van der Waals surface area contributed by atoms with Crippen molar-refractivity contribution in [3.63, 3.8) is 0 Å². The van der Waals surface area contributed by atoms with E-state index < -0.39 is 11.9 Å². The van der Waals surface area contributed by atoms with Crippen molar-refractivity contribution in [2.75, 3.05) is 31.1 Å². The molecule has 0 aliphatic carbocycles. The lowest BCUT2D eigenvalue weighted by molar-refractivity contribution is -0.137. The van der Waals surface area contributed by atoms with Gasteiger partial charge in [-0.2, -0.15) is 0 Å². The number of fused-ring (bicyclic) bond motifs is 1. The number of hydrogen-bond acceptors (Lipinski definition) is 6. The smallest absolute Gasteiger partial charge is 0.273 e. The van der Waals surface area contributed by atoms with Gasteiger partial charge in [0.1, 0.15) is 17.6 Å². The number of aromatic nitrogens is 1. The van der Waals surface area contributed by atoms with Crippen molar-refractivity contribution in [2.24, 2.45) is 5.92 Å². The number of hydrogen-bond donors (Lipinski definition) is 1. The normalized spacial score (nSPS) is 21.6. The Balaban J connectivity index is 1.42. The number of nitrogens with one attached hydrogen (secondary N) is 1. The van der Waals surface area contributed by atoms with Gasteiger partial charge in [0.15, 0.2) is 0 Å². The number of pyridine rings is 1. The molecule has 3 aliphatic rings. The molecule has 9 nitrogen and oxygen atoms in total. The first-order chi connectivity index (χ1) is 14.9. The summed E-state index contributed by atoms with van der Waals surface area (Å²) in [6, 6.07) is 3.16. The first-order valence-corrected chi connectivity index (χ1v) is 11.1. The number of amides is 4. The zero-order valence-corrected chi connectivity index (χ0v) is 18.1. The van der Waals surface area contributed by atoms with E-state index in [4.69, 9.17) is 0 Å². The molecule has 3 aliphatic heterocycles. The van der Waals surface area contributed by atoms with Crippen LogP contribution >= 0.6 is 0 Å². The van der Waals surface area contributed by atoms with E-state index in [1.54, 1.807) is 0 Å². The van der Waals surface area contributed by atoms with Crippen molar-refractivity contribution >= 4 is 29.4 Å². The van der Waals surface area contributed by atoms with Crippen LogP contribution in [0.25, 0.3) is 0 Å². The van der Waals surface area contributed by atoms with Crippen LogP contribution in [0.4, 0.5) is 5.82 Å². The highest BCUT2D eigenvalue weighted by Crippen LogP contribution is 2.28. The number of piperidine rings is 1. The van der Waals surface area contributed by atoms with Gasteiger partial charge in [-0.05, 0) is 25.3 Å². The predicted molar refractivity (Wildman–Crippen MR) is 113 cm³/mol. The molecule has 4 amide bonds. The van der Waals surface area contributed by atoms with Crippen LogP contribution in [-0.2, 0) is 20.9 Å². The second-order valence-corrected chi connectivity index (χ2v) is 8.40. The molecule has 166 valence electrons.